The van der Waals surface area contributed by atoms with Gasteiger partial charge in [0.2, 0.25) is 5.91 Å². The summed E-state index contributed by atoms with van der Waals surface area (Å²) in [6, 6.07) is 2.40. The minimum absolute atomic E-state index is 0.0821. The Hall–Kier alpha value is -2.51. The van der Waals surface area contributed by atoms with Gasteiger partial charge < -0.3 is 10.6 Å². The fourth-order valence-corrected chi connectivity index (χ4v) is 2.63. The number of imide groups is 1. The Kier molecular flexibility index (Phi) is 3.54. The van der Waals surface area contributed by atoms with Crippen molar-refractivity contribution in [1.29, 1.82) is 0 Å². The second-order valence-corrected chi connectivity index (χ2v) is 5.88. The van der Waals surface area contributed by atoms with E-state index < -0.39 is 47.1 Å². The number of hydrogen-bond acceptors (Lipinski definition) is 3. The second-order valence-electron chi connectivity index (χ2n) is 5.88. The predicted molar refractivity (Wildman–Crippen MR) is 75.1 cm³/mol. The second kappa shape index (κ2) is 5.29. The van der Waals surface area contributed by atoms with E-state index in [0.717, 1.165) is 25.0 Å². The highest BCUT2D eigenvalue weighted by Crippen LogP contribution is 2.32. The zero-order valence-corrected chi connectivity index (χ0v) is 12.4. The van der Waals surface area contributed by atoms with E-state index in [0.29, 0.717) is 4.90 Å². The minimum atomic E-state index is -1.88. The van der Waals surface area contributed by atoms with Crippen LogP contribution in [-0.4, -0.2) is 35.3 Å². The van der Waals surface area contributed by atoms with Crippen LogP contribution < -0.4 is 10.6 Å². The molecule has 1 aliphatic heterocycles. The molecule has 2 fully saturated rings. The molecule has 1 aromatic rings. The highest BCUT2D eigenvalue weighted by atomic mass is 19.1. The predicted octanol–water partition coefficient (Wildman–Crippen LogP) is 1.01. The third-order valence-electron chi connectivity index (χ3n) is 3.98. The van der Waals surface area contributed by atoms with Crippen molar-refractivity contribution in [2.24, 2.45) is 0 Å². The number of amides is 4. The van der Waals surface area contributed by atoms with Crippen molar-refractivity contribution < 1.29 is 23.2 Å². The van der Waals surface area contributed by atoms with Gasteiger partial charge in [-0.15, -0.1) is 0 Å². The first kappa shape index (κ1) is 15.4. The molecule has 23 heavy (non-hydrogen) atoms. The molecule has 1 saturated heterocycles. The van der Waals surface area contributed by atoms with Crippen LogP contribution in [-0.2, 0) is 15.1 Å². The topological polar surface area (TPSA) is 78.5 Å². The van der Waals surface area contributed by atoms with Crippen molar-refractivity contribution in [2.45, 2.75) is 31.3 Å². The molecule has 1 aliphatic carbocycles. The third kappa shape index (κ3) is 2.64. The van der Waals surface area contributed by atoms with E-state index in [9.17, 15) is 23.2 Å². The molecular weight excluding hydrogens is 308 g/mol. The maximum absolute atomic E-state index is 14.0. The molecule has 4 amide bonds. The normalized spacial score (nSPS) is 23.9. The van der Waals surface area contributed by atoms with Crippen molar-refractivity contribution in [1.82, 2.24) is 15.5 Å². The molecule has 0 bridgehead atoms. The van der Waals surface area contributed by atoms with Gasteiger partial charge in [-0.05, 0) is 31.9 Å². The molecule has 1 aromatic carbocycles. The van der Waals surface area contributed by atoms with E-state index in [2.05, 4.69) is 10.6 Å². The summed E-state index contributed by atoms with van der Waals surface area (Å²) >= 11 is 0. The first-order chi connectivity index (χ1) is 10.8. The van der Waals surface area contributed by atoms with E-state index in [4.69, 9.17) is 0 Å². The van der Waals surface area contributed by atoms with Gasteiger partial charge in [-0.3, -0.25) is 14.5 Å². The first-order valence-electron chi connectivity index (χ1n) is 7.21. The lowest BCUT2D eigenvalue weighted by molar-refractivity contribution is -0.135. The lowest BCUT2D eigenvalue weighted by Crippen LogP contribution is -2.44. The number of nitrogens with one attached hydrogen (secondary N) is 2. The minimum Gasteiger partial charge on any atom is -0.352 e. The van der Waals surface area contributed by atoms with Crippen LogP contribution in [0.2, 0.25) is 0 Å². The van der Waals surface area contributed by atoms with Gasteiger partial charge in [0.25, 0.3) is 5.91 Å². The van der Waals surface area contributed by atoms with Crippen molar-refractivity contribution in [3.63, 3.8) is 0 Å². The molecule has 6 nitrogen and oxygen atoms in total. The van der Waals surface area contributed by atoms with Gasteiger partial charge in [0.1, 0.15) is 23.7 Å². The van der Waals surface area contributed by atoms with Crippen molar-refractivity contribution in [2.75, 3.05) is 6.54 Å². The van der Waals surface area contributed by atoms with E-state index in [1.165, 1.54) is 13.0 Å². The van der Waals surface area contributed by atoms with Gasteiger partial charge in [-0.1, -0.05) is 6.07 Å². The number of rotatable bonds is 4. The Morgan fingerprint density at radius 2 is 1.96 bits per heavy atom. The van der Waals surface area contributed by atoms with Crippen LogP contribution in [0.4, 0.5) is 13.6 Å². The van der Waals surface area contributed by atoms with Gasteiger partial charge in [-0.25, -0.2) is 13.6 Å². The Morgan fingerprint density at radius 1 is 1.35 bits per heavy atom. The quantitative estimate of drug-likeness (QED) is 0.812. The van der Waals surface area contributed by atoms with E-state index in [-0.39, 0.29) is 6.04 Å². The molecule has 1 saturated carbocycles. The molecular formula is C15H15F2N3O3. The van der Waals surface area contributed by atoms with Gasteiger partial charge in [-0.2, -0.15) is 0 Å². The molecule has 1 heterocycles. The highest BCUT2D eigenvalue weighted by molar-refractivity contribution is 6.09. The number of urea groups is 1. The Labute approximate surface area is 130 Å². The lowest BCUT2D eigenvalue weighted by atomic mass is 9.91. The molecule has 2 N–H and O–H groups in total. The van der Waals surface area contributed by atoms with Crippen LogP contribution in [0.25, 0.3) is 0 Å². The Bertz CT molecular complexity index is 685. The maximum Gasteiger partial charge on any atom is 0.325 e. The van der Waals surface area contributed by atoms with Gasteiger partial charge in [0, 0.05) is 6.04 Å². The molecule has 0 unspecified atom stereocenters. The summed E-state index contributed by atoms with van der Waals surface area (Å²) in [5.74, 6) is -3.22. The number of halogens is 2. The summed E-state index contributed by atoms with van der Waals surface area (Å²) in [7, 11) is 0. The van der Waals surface area contributed by atoms with Crippen molar-refractivity contribution >= 4 is 17.8 Å². The number of nitrogens with zero attached hydrogens (tertiary/aromatic N) is 1. The molecule has 0 aromatic heterocycles. The molecule has 3 rings (SSSR count). The highest BCUT2D eigenvalue weighted by Gasteiger charge is 2.52. The first-order valence-corrected chi connectivity index (χ1v) is 7.21. The van der Waals surface area contributed by atoms with Crippen LogP contribution in [0.3, 0.4) is 0 Å². The molecule has 0 spiro atoms. The summed E-state index contributed by atoms with van der Waals surface area (Å²) in [5, 5.41) is 4.93. The van der Waals surface area contributed by atoms with Gasteiger partial charge in [0.05, 0.1) is 5.56 Å². The van der Waals surface area contributed by atoms with Crippen LogP contribution in [0.1, 0.15) is 25.3 Å². The summed E-state index contributed by atoms with van der Waals surface area (Å²) < 4.78 is 28.0. The number of benzene rings is 1. The zero-order valence-electron chi connectivity index (χ0n) is 12.4. The molecule has 8 heteroatoms. The van der Waals surface area contributed by atoms with Crippen molar-refractivity contribution in [3.05, 3.63) is 35.4 Å². The maximum atomic E-state index is 14.0. The standard InChI is InChI=1S/C15H15F2N3O3/c1-15(12-9(16)3-2-4-10(12)17)13(22)20(14(23)19-15)7-11(21)18-8-5-6-8/h2-4,8H,5-7H2,1H3,(H,18,21)(H,19,23)/t15-/m0/s1. The average molecular weight is 323 g/mol. The summed E-state index contributed by atoms with van der Waals surface area (Å²) in [4.78, 5) is 37.0. The van der Waals surface area contributed by atoms with E-state index in [1.54, 1.807) is 0 Å². The van der Waals surface area contributed by atoms with Crippen LogP contribution in [0.15, 0.2) is 18.2 Å². The molecule has 1 atom stereocenters. The fourth-order valence-electron chi connectivity index (χ4n) is 2.63. The molecule has 2 aliphatic rings. The van der Waals surface area contributed by atoms with Crippen LogP contribution >= 0.6 is 0 Å². The molecule has 122 valence electrons. The SMILES string of the molecule is C[C@@]1(c2c(F)cccc2F)NC(=O)N(CC(=O)NC2CC2)C1=O. The number of hydrogen-bond donors (Lipinski definition) is 2. The summed E-state index contributed by atoms with van der Waals surface area (Å²) in [6.45, 7) is 0.736. The number of carbonyl (C=O) groups excluding carboxylic acids is 3. The monoisotopic (exact) mass is 323 g/mol. The van der Waals surface area contributed by atoms with Crippen LogP contribution in [0, 0.1) is 11.6 Å². The van der Waals surface area contributed by atoms with Gasteiger partial charge in [0.15, 0.2) is 0 Å². The van der Waals surface area contributed by atoms with E-state index in [1.807, 2.05) is 0 Å². The Morgan fingerprint density at radius 3 is 2.52 bits per heavy atom. The van der Waals surface area contributed by atoms with Crippen LogP contribution in [0.5, 0.6) is 0 Å². The third-order valence-corrected chi connectivity index (χ3v) is 3.98. The fraction of sp³-hybridized carbons (Fsp3) is 0.400. The van der Waals surface area contributed by atoms with E-state index >= 15 is 0 Å². The lowest BCUT2D eigenvalue weighted by Gasteiger charge is -2.23. The molecule has 0 radical (unpaired) electrons. The van der Waals surface area contributed by atoms with Gasteiger partial charge >= 0.3 is 6.03 Å². The Balaban J connectivity index is 1.86. The summed E-state index contributed by atoms with van der Waals surface area (Å²) in [6.07, 6.45) is 1.73. The average Bonchev–Trinajstić information content (AvgIpc) is 3.23. The largest absolute Gasteiger partial charge is 0.352 e. The van der Waals surface area contributed by atoms with Crippen molar-refractivity contribution in [3.8, 4) is 0 Å². The smallest absolute Gasteiger partial charge is 0.325 e. The number of carbonyl (C=O) groups is 3. The summed E-state index contributed by atoms with van der Waals surface area (Å²) in [5.41, 5.74) is -2.42. The zero-order chi connectivity index (χ0) is 16.8.